The number of likely N-dealkylation sites (tertiary alicyclic amines) is 2. The summed E-state index contributed by atoms with van der Waals surface area (Å²) in [4.78, 5) is 14.5. The van der Waals surface area contributed by atoms with Crippen LogP contribution in [0.3, 0.4) is 0 Å². The molecule has 2 N–H and O–H groups in total. The maximum absolute atomic E-state index is 10.7. The molecule has 2 saturated heterocycles. The third-order valence-corrected chi connectivity index (χ3v) is 3.45. The van der Waals surface area contributed by atoms with Crippen LogP contribution in [0.25, 0.3) is 0 Å². The number of amides is 1. The molecule has 2 fully saturated rings. The molecule has 15 heavy (non-hydrogen) atoms. The first-order valence-electron chi connectivity index (χ1n) is 5.57. The standard InChI is InChI=1S/C10H18N2O3/c13-9-3-6-12(7-9)8-1-4-11(5-2-8)10(14)15/h8-9,13H,1-7H2,(H,14,15)/t9-/m0/s1. The number of piperidine rings is 1. The van der Waals surface area contributed by atoms with Gasteiger partial charge < -0.3 is 15.1 Å². The molecule has 1 amide bonds. The molecule has 2 aliphatic heterocycles. The van der Waals surface area contributed by atoms with Crippen molar-refractivity contribution >= 4 is 6.09 Å². The molecule has 0 unspecified atom stereocenters. The number of carbonyl (C=O) groups is 1. The van der Waals surface area contributed by atoms with Crippen molar-refractivity contribution in [2.75, 3.05) is 26.2 Å². The zero-order valence-electron chi connectivity index (χ0n) is 8.80. The van der Waals surface area contributed by atoms with E-state index in [1.807, 2.05) is 0 Å². The van der Waals surface area contributed by atoms with Gasteiger partial charge in [-0.15, -0.1) is 0 Å². The Morgan fingerprint density at radius 1 is 1.13 bits per heavy atom. The van der Waals surface area contributed by atoms with Crippen LogP contribution in [0.15, 0.2) is 0 Å². The SMILES string of the molecule is O=C(O)N1CCC(N2CC[C@H](O)C2)CC1. The Morgan fingerprint density at radius 3 is 2.27 bits per heavy atom. The summed E-state index contributed by atoms with van der Waals surface area (Å²) >= 11 is 0. The second kappa shape index (κ2) is 4.37. The normalized spacial score (nSPS) is 29.7. The Kier molecular flexibility index (Phi) is 3.11. The summed E-state index contributed by atoms with van der Waals surface area (Å²) in [5.74, 6) is 0. The van der Waals surface area contributed by atoms with E-state index in [2.05, 4.69) is 4.90 Å². The van der Waals surface area contributed by atoms with Gasteiger partial charge in [0.05, 0.1) is 6.10 Å². The second-order valence-corrected chi connectivity index (χ2v) is 4.44. The Hall–Kier alpha value is -0.810. The summed E-state index contributed by atoms with van der Waals surface area (Å²) in [6.07, 6.45) is 1.68. The van der Waals surface area contributed by atoms with Gasteiger partial charge in [0, 0.05) is 32.2 Å². The van der Waals surface area contributed by atoms with Crippen molar-refractivity contribution < 1.29 is 15.0 Å². The van der Waals surface area contributed by atoms with Crippen LogP contribution < -0.4 is 0 Å². The van der Waals surface area contributed by atoms with Crippen molar-refractivity contribution in [2.45, 2.75) is 31.4 Å². The predicted octanol–water partition coefficient (Wildman–Crippen LogP) is 0.195. The number of aliphatic hydroxyl groups is 1. The van der Waals surface area contributed by atoms with E-state index in [9.17, 15) is 9.90 Å². The van der Waals surface area contributed by atoms with Gasteiger partial charge >= 0.3 is 6.09 Å². The van der Waals surface area contributed by atoms with Crippen LogP contribution in [-0.4, -0.2) is 64.4 Å². The first kappa shape index (κ1) is 10.7. The van der Waals surface area contributed by atoms with Crippen LogP contribution in [0.2, 0.25) is 0 Å². The zero-order chi connectivity index (χ0) is 10.8. The van der Waals surface area contributed by atoms with Crippen molar-refractivity contribution in [3.63, 3.8) is 0 Å². The number of aliphatic hydroxyl groups excluding tert-OH is 1. The molecule has 2 heterocycles. The van der Waals surface area contributed by atoms with Crippen molar-refractivity contribution in [1.29, 1.82) is 0 Å². The molecule has 0 aromatic carbocycles. The van der Waals surface area contributed by atoms with E-state index < -0.39 is 6.09 Å². The average molecular weight is 214 g/mol. The van der Waals surface area contributed by atoms with Crippen LogP contribution in [0.5, 0.6) is 0 Å². The number of rotatable bonds is 1. The fourth-order valence-corrected chi connectivity index (χ4v) is 2.52. The average Bonchev–Trinajstić information content (AvgIpc) is 2.65. The molecule has 5 nitrogen and oxygen atoms in total. The second-order valence-electron chi connectivity index (χ2n) is 4.44. The van der Waals surface area contributed by atoms with Crippen LogP contribution in [0, 0.1) is 0 Å². The third kappa shape index (κ3) is 2.41. The number of carboxylic acid groups (broad SMARTS) is 1. The molecule has 0 radical (unpaired) electrons. The minimum Gasteiger partial charge on any atom is -0.465 e. The fourth-order valence-electron chi connectivity index (χ4n) is 2.52. The maximum Gasteiger partial charge on any atom is 0.407 e. The lowest BCUT2D eigenvalue weighted by Gasteiger charge is -2.35. The van der Waals surface area contributed by atoms with Gasteiger partial charge in [-0.1, -0.05) is 0 Å². The Morgan fingerprint density at radius 2 is 1.80 bits per heavy atom. The third-order valence-electron chi connectivity index (χ3n) is 3.45. The lowest BCUT2D eigenvalue weighted by atomic mass is 10.0. The molecule has 0 aromatic heterocycles. The van der Waals surface area contributed by atoms with Crippen LogP contribution >= 0.6 is 0 Å². The highest BCUT2D eigenvalue weighted by Crippen LogP contribution is 2.21. The Labute approximate surface area is 89.3 Å². The summed E-state index contributed by atoms with van der Waals surface area (Å²) < 4.78 is 0. The van der Waals surface area contributed by atoms with Gasteiger partial charge in [0.25, 0.3) is 0 Å². The van der Waals surface area contributed by atoms with E-state index in [0.29, 0.717) is 19.1 Å². The summed E-state index contributed by atoms with van der Waals surface area (Å²) in [5, 5.41) is 18.2. The number of β-amino-alcohol motifs (C(OH)–C–C–N with tert-alkyl or cyclic N) is 1. The maximum atomic E-state index is 10.7. The van der Waals surface area contributed by atoms with Gasteiger partial charge in [0.15, 0.2) is 0 Å². The molecule has 0 aliphatic carbocycles. The fraction of sp³-hybridized carbons (Fsp3) is 0.900. The Bertz CT molecular complexity index is 239. The minimum atomic E-state index is -0.810. The monoisotopic (exact) mass is 214 g/mol. The van der Waals surface area contributed by atoms with Gasteiger partial charge in [-0.05, 0) is 19.3 Å². The molecule has 86 valence electrons. The van der Waals surface area contributed by atoms with E-state index in [0.717, 1.165) is 32.4 Å². The van der Waals surface area contributed by atoms with Crippen LogP contribution in [-0.2, 0) is 0 Å². The molecule has 0 saturated carbocycles. The first-order valence-corrected chi connectivity index (χ1v) is 5.57. The molecule has 0 spiro atoms. The minimum absolute atomic E-state index is 0.178. The number of nitrogens with zero attached hydrogens (tertiary/aromatic N) is 2. The smallest absolute Gasteiger partial charge is 0.407 e. The van der Waals surface area contributed by atoms with Gasteiger partial charge in [-0.3, -0.25) is 4.90 Å². The van der Waals surface area contributed by atoms with Gasteiger partial charge in [-0.2, -0.15) is 0 Å². The lowest BCUT2D eigenvalue weighted by molar-refractivity contribution is 0.0962. The van der Waals surface area contributed by atoms with Crippen LogP contribution in [0.1, 0.15) is 19.3 Å². The van der Waals surface area contributed by atoms with Crippen molar-refractivity contribution in [1.82, 2.24) is 9.80 Å². The molecule has 2 rings (SSSR count). The molecule has 1 atom stereocenters. The number of hydrogen-bond acceptors (Lipinski definition) is 3. The quantitative estimate of drug-likeness (QED) is 0.654. The van der Waals surface area contributed by atoms with E-state index >= 15 is 0 Å². The summed E-state index contributed by atoms with van der Waals surface area (Å²) in [6.45, 7) is 2.98. The molecule has 2 aliphatic rings. The van der Waals surface area contributed by atoms with E-state index in [1.54, 1.807) is 0 Å². The predicted molar refractivity (Wildman–Crippen MR) is 54.8 cm³/mol. The summed E-state index contributed by atoms with van der Waals surface area (Å²) in [7, 11) is 0. The van der Waals surface area contributed by atoms with E-state index in [1.165, 1.54) is 4.90 Å². The lowest BCUT2D eigenvalue weighted by Crippen LogP contribution is -2.45. The summed E-state index contributed by atoms with van der Waals surface area (Å²) in [6, 6.07) is 0.470. The van der Waals surface area contributed by atoms with Crippen molar-refractivity contribution in [3.8, 4) is 0 Å². The zero-order valence-corrected chi connectivity index (χ0v) is 8.80. The van der Waals surface area contributed by atoms with E-state index in [4.69, 9.17) is 5.11 Å². The molecule has 0 aromatic rings. The molecular formula is C10H18N2O3. The highest BCUT2D eigenvalue weighted by Gasteiger charge is 2.30. The van der Waals surface area contributed by atoms with Crippen molar-refractivity contribution in [2.24, 2.45) is 0 Å². The van der Waals surface area contributed by atoms with Gasteiger partial charge in [0.2, 0.25) is 0 Å². The van der Waals surface area contributed by atoms with Crippen molar-refractivity contribution in [3.05, 3.63) is 0 Å². The Balaban J connectivity index is 1.80. The largest absolute Gasteiger partial charge is 0.465 e. The van der Waals surface area contributed by atoms with E-state index in [-0.39, 0.29) is 6.10 Å². The topological polar surface area (TPSA) is 64.0 Å². The summed E-state index contributed by atoms with van der Waals surface area (Å²) in [5.41, 5.74) is 0. The first-order chi connectivity index (χ1) is 7.16. The number of hydrogen-bond donors (Lipinski definition) is 2. The van der Waals surface area contributed by atoms with Crippen LogP contribution in [0.4, 0.5) is 4.79 Å². The molecule has 0 bridgehead atoms. The molecule has 5 heteroatoms. The van der Waals surface area contributed by atoms with Gasteiger partial charge in [0.1, 0.15) is 0 Å². The molecular weight excluding hydrogens is 196 g/mol. The highest BCUT2D eigenvalue weighted by molar-refractivity contribution is 5.65. The van der Waals surface area contributed by atoms with Gasteiger partial charge in [-0.25, -0.2) is 4.79 Å². The highest BCUT2D eigenvalue weighted by atomic mass is 16.4.